The predicted molar refractivity (Wildman–Crippen MR) is 101 cm³/mol. The Morgan fingerprint density at radius 1 is 1.28 bits per heavy atom. The van der Waals surface area contributed by atoms with Crippen LogP contribution in [0.3, 0.4) is 0 Å². The first kappa shape index (κ1) is 17.8. The number of benzene rings is 1. The summed E-state index contributed by atoms with van der Waals surface area (Å²) in [6, 6.07) is 9.73. The van der Waals surface area contributed by atoms with Crippen molar-refractivity contribution in [3.05, 3.63) is 64.2 Å². The average molecular weight is 375 g/mol. The normalized spacial score (nSPS) is 11.0. The summed E-state index contributed by atoms with van der Waals surface area (Å²) in [7, 11) is 1.86. The van der Waals surface area contributed by atoms with E-state index < -0.39 is 0 Å². The summed E-state index contributed by atoms with van der Waals surface area (Å²) in [5.41, 5.74) is 3.79. The Morgan fingerprint density at radius 2 is 2.04 bits per heavy atom. The lowest BCUT2D eigenvalue weighted by Gasteiger charge is -2.11. The van der Waals surface area contributed by atoms with Gasteiger partial charge in [0.05, 0.1) is 5.75 Å². The fourth-order valence-corrected chi connectivity index (χ4v) is 3.70. The summed E-state index contributed by atoms with van der Waals surface area (Å²) in [4.78, 5) is 12.6. The highest BCUT2D eigenvalue weighted by molar-refractivity contribution is 7.99. The fraction of sp³-hybridized carbons (Fsp3) is 0.278. The number of rotatable bonds is 6. The van der Waals surface area contributed by atoms with Gasteiger partial charge in [-0.3, -0.25) is 4.79 Å². The second-order valence-electron chi connectivity index (χ2n) is 5.90. The van der Waals surface area contributed by atoms with Crippen molar-refractivity contribution >= 4 is 29.1 Å². The Labute approximate surface area is 156 Å². The highest BCUT2D eigenvalue weighted by atomic mass is 35.5. The van der Waals surface area contributed by atoms with Gasteiger partial charge in [0.25, 0.3) is 0 Å². The smallest absolute Gasteiger partial charge is 0.191 e. The van der Waals surface area contributed by atoms with Gasteiger partial charge in [0, 0.05) is 35.6 Å². The molecule has 0 aliphatic carbocycles. The maximum Gasteiger partial charge on any atom is 0.191 e. The van der Waals surface area contributed by atoms with Crippen LogP contribution >= 0.6 is 23.4 Å². The summed E-state index contributed by atoms with van der Waals surface area (Å²) < 4.78 is 3.93. The van der Waals surface area contributed by atoms with Gasteiger partial charge in [-0.15, -0.1) is 10.2 Å². The molecular weight excluding hydrogens is 356 g/mol. The van der Waals surface area contributed by atoms with Crippen molar-refractivity contribution in [3.8, 4) is 0 Å². The molecule has 5 nitrogen and oxygen atoms in total. The third-order valence-electron chi connectivity index (χ3n) is 4.16. The van der Waals surface area contributed by atoms with Crippen molar-refractivity contribution in [1.29, 1.82) is 0 Å². The molecule has 25 heavy (non-hydrogen) atoms. The number of aromatic nitrogens is 4. The van der Waals surface area contributed by atoms with Gasteiger partial charge in [0.2, 0.25) is 0 Å². The summed E-state index contributed by atoms with van der Waals surface area (Å²) in [6.07, 6.45) is 1.63. The van der Waals surface area contributed by atoms with Crippen molar-refractivity contribution in [2.45, 2.75) is 25.5 Å². The average Bonchev–Trinajstić information content (AvgIpc) is 3.12. The van der Waals surface area contributed by atoms with E-state index in [0.29, 0.717) is 12.3 Å². The number of carbonyl (C=O) groups excluding carboxylic acids is 1. The minimum absolute atomic E-state index is 0.0894. The van der Waals surface area contributed by atoms with Gasteiger partial charge in [0.15, 0.2) is 10.9 Å². The van der Waals surface area contributed by atoms with E-state index in [2.05, 4.69) is 14.8 Å². The lowest BCUT2D eigenvalue weighted by atomic mass is 10.2. The molecule has 0 amide bonds. The topological polar surface area (TPSA) is 52.7 Å². The van der Waals surface area contributed by atoms with Crippen LogP contribution in [0, 0.1) is 13.8 Å². The van der Waals surface area contributed by atoms with E-state index in [-0.39, 0.29) is 5.78 Å². The Bertz CT molecular complexity index is 916. The summed E-state index contributed by atoms with van der Waals surface area (Å²) in [5.74, 6) is 0.426. The number of ketones is 1. The first-order chi connectivity index (χ1) is 12.0. The van der Waals surface area contributed by atoms with Gasteiger partial charge in [-0.2, -0.15) is 0 Å². The monoisotopic (exact) mass is 374 g/mol. The molecule has 3 rings (SSSR count). The van der Waals surface area contributed by atoms with Gasteiger partial charge in [-0.1, -0.05) is 41.6 Å². The molecule has 3 aromatic rings. The van der Waals surface area contributed by atoms with Gasteiger partial charge >= 0.3 is 0 Å². The van der Waals surface area contributed by atoms with E-state index in [0.717, 1.165) is 32.7 Å². The molecule has 7 heteroatoms. The van der Waals surface area contributed by atoms with Gasteiger partial charge in [-0.05, 0) is 31.5 Å². The molecule has 0 atom stereocenters. The number of carbonyl (C=O) groups is 1. The molecule has 2 heterocycles. The van der Waals surface area contributed by atoms with Crippen LogP contribution in [0.25, 0.3) is 0 Å². The first-order valence-corrected chi connectivity index (χ1v) is 9.24. The molecule has 0 N–H and O–H groups in total. The number of hydrogen-bond donors (Lipinski definition) is 0. The number of Topliss-reactive ketones (excluding diaryl/α,β-unsaturated/α-hetero) is 1. The van der Waals surface area contributed by atoms with Crippen LogP contribution in [0.4, 0.5) is 0 Å². The first-order valence-electron chi connectivity index (χ1n) is 7.87. The second-order valence-corrected chi connectivity index (χ2v) is 7.25. The molecule has 0 fully saturated rings. The van der Waals surface area contributed by atoms with Crippen LogP contribution in [0.2, 0.25) is 5.02 Å². The number of hydrogen-bond acceptors (Lipinski definition) is 4. The predicted octanol–water partition coefficient (Wildman–Crippen LogP) is 3.91. The molecule has 0 aliphatic rings. The van der Waals surface area contributed by atoms with Crippen molar-refractivity contribution in [3.63, 3.8) is 0 Å². The Morgan fingerprint density at radius 3 is 2.72 bits per heavy atom. The Kier molecular flexibility index (Phi) is 5.30. The number of halogens is 1. The number of aryl methyl sites for hydroxylation is 2. The SMILES string of the molecule is Cc1cc(C(=O)CSc2nncn2C)c(C)n1Cc1ccccc1Cl. The lowest BCUT2D eigenvalue weighted by molar-refractivity contribution is 0.102. The molecule has 0 bridgehead atoms. The third-order valence-corrected chi connectivity index (χ3v) is 5.57. The van der Waals surface area contributed by atoms with E-state index in [1.54, 1.807) is 10.9 Å². The van der Waals surface area contributed by atoms with Crippen molar-refractivity contribution in [1.82, 2.24) is 19.3 Å². The molecule has 0 saturated carbocycles. The Hall–Kier alpha value is -2.05. The second kappa shape index (κ2) is 7.45. The van der Waals surface area contributed by atoms with Crippen LogP contribution in [0.1, 0.15) is 27.3 Å². The van der Waals surface area contributed by atoms with Crippen LogP contribution in [0.15, 0.2) is 41.8 Å². The minimum atomic E-state index is 0.0894. The molecule has 1 aromatic carbocycles. The van der Waals surface area contributed by atoms with Crippen LogP contribution in [-0.4, -0.2) is 30.9 Å². The molecule has 130 valence electrons. The summed E-state index contributed by atoms with van der Waals surface area (Å²) >= 11 is 7.67. The van der Waals surface area contributed by atoms with Gasteiger partial charge < -0.3 is 9.13 Å². The fourth-order valence-electron chi connectivity index (χ4n) is 2.73. The van der Waals surface area contributed by atoms with E-state index in [1.165, 1.54) is 11.8 Å². The number of thioether (sulfide) groups is 1. The van der Waals surface area contributed by atoms with E-state index in [9.17, 15) is 4.79 Å². The van der Waals surface area contributed by atoms with Crippen molar-refractivity contribution < 1.29 is 4.79 Å². The van der Waals surface area contributed by atoms with Gasteiger partial charge in [0.1, 0.15) is 6.33 Å². The van der Waals surface area contributed by atoms with Crippen LogP contribution in [0.5, 0.6) is 0 Å². The summed E-state index contributed by atoms with van der Waals surface area (Å²) in [6.45, 7) is 4.64. The van der Waals surface area contributed by atoms with Crippen LogP contribution < -0.4 is 0 Å². The van der Waals surface area contributed by atoms with E-state index in [4.69, 9.17) is 11.6 Å². The van der Waals surface area contributed by atoms with Gasteiger partial charge in [-0.25, -0.2) is 0 Å². The molecular formula is C18H19ClN4OS. The van der Waals surface area contributed by atoms with E-state index in [1.807, 2.05) is 51.2 Å². The zero-order valence-electron chi connectivity index (χ0n) is 14.4. The molecule has 0 aliphatic heterocycles. The third kappa shape index (κ3) is 3.80. The maximum absolute atomic E-state index is 12.6. The van der Waals surface area contributed by atoms with E-state index >= 15 is 0 Å². The summed E-state index contributed by atoms with van der Waals surface area (Å²) in [5, 5.41) is 9.29. The highest BCUT2D eigenvalue weighted by Gasteiger charge is 2.17. The molecule has 0 radical (unpaired) electrons. The minimum Gasteiger partial charge on any atom is -0.344 e. The zero-order valence-corrected chi connectivity index (χ0v) is 15.9. The van der Waals surface area contributed by atoms with Crippen molar-refractivity contribution in [2.75, 3.05) is 5.75 Å². The van der Waals surface area contributed by atoms with Crippen molar-refractivity contribution in [2.24, 2.45) is 7.05 Å². The largest absolute Gasteiger partial charge is 0.344 e. The molecule has 0 unspecified atom stereocenters. The highest BCUT2D eigenvalue weighted by Crippen LogP contribution is 2.23. The standard InChI is InChI=1S/C18H19ClN4OS/c1-12-8-15(17(24)10-25-18-21-20-11-22(18)3)13(2)23(12)9-14-6-4-5-7-16(14)19/h4-8,11H,9-10H2,1-3H3. The molecule has 0 saturated heterocycles. The Balaban J connectivity index is 1.78. The lowest BCUT2D eigenvalue weighted by Crippen LogP contribution is -2.08. The molecule has 0 spiro atoms. The number of nitrogens with zero attached hydrogens (tertiary/aromatic N) is 4. The maximum atomic E-state index is 12.6. The molecule has 2 aromatic heterocycles. The van der Waals surface area contributed by atoms with Crippen LogP contribution in [-0.2, 0) is 13.6 Å². The zero-order chi connectivity index (χ0) is 18.0. The quantitative estimate of drug-likeness (QED) is 0.485.